The molecule has 5 nitrogen and oxygen atoms in total. The van der Waals surface area contributed by atoms with Gasteiger partial charge in [-0.3, -0.25) is 9.78 Å². The highest BCUT2D eigenvalue weighted by atomic mass is 16.5. The van der Waals surface area contributed by atoms with Crippen LogP contribution < -0.4 is 10.1 Å². The van der Waals surface area contributed by atoms with Gasteiger partial charge in [0.2, 0.25) is 0 Å². The molecule has 0 saturated heterocycles. The summed E-state index contributed by atoms with van der Waals surface area (Å²) < 4.78 is 11.6. The van der Waals surface area contributed by atoms with Crippen molar-refractivity contribution in [1.29, 1.82) is 0 Å². The Balaban J connectivity index is 1.64. The van der Waals surface area contributed by atoms with Crippen LogP contribution in [0.2, 0.25) is 0 Å². The van der Waals surface area contributed by atoms with Crippen LogP contribution in [0.4, 0.5) is 5.69 Å². The van der Waals surface area contributed by atoms with E-state index in [-0.39, 0.29) is 18.1 Å². The number of aromatic nitrogens is 1. The molecule has 0 radical (unpaired) electrons. The van der Waals surface area contributed by atoms with Crippen LogP contribution in [-0.4, -0.2) is 17.0 Å². The molecule has 156 valence electrons. The summed E-state index contributed by atoms with van der Waals surface area (Å²) in [7, 11) is 0. The highest BCUT2D eigenvalue weighted by Crippen LogP contribution is 2.24. The number of nitrogens with zero attached hydrogens (tertiary/aromatic N) is 1. The molecule has 30 heavy (non-hydrogen) atoms. The molecule has 0 fully saturated rings. The van der Waals surface area contributed by atoms with Gasteiger partial charge < -0.3 is 14.8 Å². The van der Waals surface area contributed by atoms with Gasteiger partial charge in [0, 0.05) is 5.69 Å². The normalized spacial score (nSPS) is 11.9. The van der Waals surface area contributed by atoms with Crippen LogP contribution in [0.25, 0.3) is 0 Å². The number of carbonyl (C=O) groups excluding carboxylic acids is 1. The molecule has 0 aliphatic rings. The van der Waals surface area contributed by atoms with Crippen molar-refractivity contribution in [2.45, 2.75) is 46.8 Å². The number of rotatable bonds is 7. The average Bonchev–Trinajstić information content (AvgIpc) is 2.70. The Hall–Kier alpha value is -3.18. The van der Waals surface area contributed by atoms with Crippen molar-refractivity contribution in [2.75, 3.05) is 5.32 Å². The van der Waals surface area contributed by atoms with Crippen LogP contribution in [-0.2, 0) is 4.74 Å². The van der Waals surface area contributed by atoms with E-state index in [1.807, 2.05) is 89.2 Å². The maximum Gasteiger partial charge on any atom is 0.257 e. The first-order valence-electron chi connectivity index (χ1n) is 10.1. The summed E-state index contributed by atoms with van der Waals surface area (Å²) in [6, 6.07) is 18.8. The van der Waals surface area contributed by atoms with Crippen molar-refractivity contribution in [1.82, 2.24) is 4.98 Å². The summed E-state index contributed by atoms with van der Waals surface area (Å²) in [4.78, 5) is 17.2. The van der Waals surface area contributed by atoms with Crippen molar-refractivity contribution in [2.24, 2.45) is 0 Å². The number of nitrogens with one attached hydrogen (secondary N) is 1. The molecule has 1 N–H and O–H groups in total. The van der Waals surface area contributed by atoms with Gasteiger partial charge in [-0.05, 0) is 83.1 Å². The first-order chi connectivity index (χ1) is 14.3. The smallest absolute Gasteiger partial charge is 0.257 e. The van der Waals surface area contributed by atoms with Gasteiger partial charge in [-0.2, -0.15) is 0 Å². The lowest BCUT2D eigenvalue weighted by molar-refractivity contribution is 0.0154. The summed E-state index contributed by atoms with van der Waals surface area (Å²) in [5.74, 6) is 1.28. The van der Waals surface area contributed by atoms with Gasteiger partial charge >= 0.3 is 0 Å². The highest BCUT2D eigenvalue weighted by molar-refractivity contribution is 6.05. The van der Waals surface area contributed by atoms with E-state index in [0.29, 0.717) is 22.7 Å². The Kier molecular flexibility index (Phi) is 6.85. The Morgan fingerprint density at radius 1 is 0.867 bits per heavy atom. The van der Waals surface area contributed by atoms with E-state index >= 15 is 0 Å². The minimum atomic E-state index is -0.198. The van der Waals surface area contributed by atoms with Gasteiger partial charge in [-0.15, -0.1) is 0 Å². The van der Waals surface area contributed by atoms with E-state index in [1.165, 1.54) is 5.56 Å². The molecule has 5 heteroatoms. The Morgan fingerprint density at radius 2 is 1.47 bits per heavy atom. The van der Waals surface area contributed by atoms with Gasteiger partial charge in [0.05, 0.1) is 29.2 Å². The topological polar surface area (TPSA) is 60.5 Å². The second-order valence-corrected chi connectivity index (χ2v) is 7.59. The van der Waals surface area contributed by atoms with Crippen LogP contribution in [0.5, 0.6) is 11.5 Å². The molecule has 2 aromatic carbocycles. The molecular formula is C25H28N2O3. The quantitative estimate of drug-likeness (QED) is 0.507. The molecule has 3 rings (SSSR count). The Labute approximate surface area is 178 Å². The Bertz CT molecular complexity index is 996. The summed E-state index contributed by atoms with van der Waals surface area (Å²) >= 11 is 0. The molecule has 1 amide bonds. The van der Waals surface area contributed by atoms with E-state index in [9.17, 15) is 4.79 Å². The number of amides is 1. The zero-order valence-corrected chi connectivity index (χ0v) is 18.1. The largest absolute Gasteiger partial charge is 0.457 e. The third-order valence-electron chi connectivity index (χ3n) is 4.61. The maximum absolute atomic E-state index is 12.7. The first kappa shape index (κ1) is 21.5. The number of anilines is 1. The van der Waals surface area contributed by atoms with Crippen LogP contribution in [0.15, 0.2) is 60.7 Å². The third kappa shape index (κ3) is 5.67. The molecule has 0 aliphatic carbocycles. The van der Waals surface area contributed by atoms with E-state index < -0.39 is 0 Å². The summed E-state index contributed by atoms with van der Waals surface area (Å²) in [6.07, 6.45) is -0.00933. The minimum absolute atomic E-state index is 0.114. The van der Waals surface area contributed by atoms with Gasteiger partial charge in [-0.25, -0.2) is 0 Å². The van der Waals surface area contributed by atoms with Crippen molar-refractivity contribution in [3.63, 3.8) is 0 Å². The van der Waals surface area contributed by atoms with E-state index in [2.05, 4.69) is 10.3 Å². The number of carbonyl (C=O) groups is 1. The van der Waals surface area contributed by atoms with Crippen LogP contribution >= 0.6 is 0 Å². The molecule has 3 aromatic rings. The minimum Gasteiger partial charge on any atom is -0.457 e. The van der Waals surface area contributed by atoms with E-state index in [1.54, 1.807) is 6.07 Å². The van der Waals surface area contributed by atoms with Crippen LogP contribution in [0.3, 0.4) is 0 Å². The molecule has 0 aliphatic heterocycles. The molecule has 0 bridgehead atoms. The van der Waals surface area contributed by atoms with Crippen LogP contribution in [0.1, 0.15) is 54.2 Å². The van der Waals surface area contributed by atoms with Gasteiger partial charge in [0.25, 0.3) is 5.91 Å². The molecule has 0 spiro atoms. The molecule has 1 heterocycles. The third-order valence-corrected chi connectivity index (χ3v) is 4.61. The van der Waals surface area contributed by atoms with Crippen molar-refractivity contribution in [3.8, 4) is 11.5 Å². The predicted molar refractivity (Wildman–Crippen MR) is 119 cm³/mol. The lowest BCUT2D eigenvalue weighted by atomic mass is 10.1. The fourth-order valence-electron chi connectivity index (χ4n) is 3.07. The fraction of sp³-hybridized carbons (Fsp3) is 0.280. The second kappa shape index (κ2) is 9.55. The number of ether oxygens (including phenoxy) is 2. The molecule has 1 atom stereocenters. The zero-order valence-electron chi connectivity index (χ0n) is 18.1. The van der Waals surface area contributed by atoms with Crippen molar-refractivity contribution < 1.29 is 14.3 Å². The van der Waals surface area contributed by atoms with Crippen LogP contribution in [0, 0.1) is 13.8 Å². The standard InChI is InChI=1S/C25H28N2O3/c1-16(2)29-19(5)24-15-14-23(18(4)26-24)25(28)27-20-8-12-22(13-9-20)30-21-10-6-17(3)7-11-21/h6-16,19H,1-5H3,(H,27,28). The van der Waals surface area contributed by atoms with E-state index in [0.717, 1.165) is 11.4 Å². The summed E-state index contributed by atoms with van der Waals surface area (Å²) in [5.41, 5.74) is 3.89. The average molecular weight is 405 g/mol. The molecule has 1 unspecified atom stereocenters. The van der Waals surface area contributed by atoms with Crippen molar-refractivity contribution >= 4 is 11.6 Å². The SMILES string of the molecule is Cc1ccc(Oc2ccc(NC(=O)c3ccc(C(C)OC(C)C)nc3C)cc2)cc1. The zero-order chi connectivity index (χ0) is 21.7. The molecule has 0 saturated carbocycles. The monoisotopic (exact) mass is 404 g/mol. The molecule has 1 aromatic heterocycles. The number of pyridine rings is 1. The van der Waals surface area contributed by atoms with Gasteiger partial charge in [0.1, 0.15) is 11.5 Å². The predicted octanol–water partition coefficient (Wildman–Crippen LogP) is 6.23. The lowest BCUT2D eigenvalue weighted by Crippen LogP contribution is -2.16. The molecular weight excluding hydrogens is 376 g/mol. The van der Waals surface area contributed by atoms with E-state index in [4.69, 9.17) is 9.47 Å². The number of benzene rings is 2. The number of hydrogen-bond donors (Lipinski definition) is 1. The van der Waals surface area contributed by atoms with Gasteiger partial charge in [-0.1, -0.05) is 17.7 Å². The summed E-state index contributed by atoms with van der Waals surface area (Å²) in [5, 5.41) is 2.91. The first-order valence-corrected chi connectivity index (χ1v) is 10.1. The van der Waals surface area contributed by atoms with Gasteiger partial charge in [0.15, 0.2) is 0 Å². The fourth-order valence-corrected chi connectivity index (χ4v) is 3.07. The number of hydrogen-bond acceptors (Lipinski definition) is 4. The lowest BCUT2D eigenvalue weighted by Gasteiger charge is -2.17. The van der Waals surface area contributed by atoms with Crippen molar-refractivity contribution in [3.05, 3.63) is 83.2 Å². The second-order valence-electron chi connectivity index (χ2n) is 7.59. The number of aryl methyl sites for hydroxylation is 2. The maximum atomic E-state index is 12.7. The summed E-state index contributed by atoms with van der Waals surface area (Å²) in [6.45, 7) is 9.80. The highest BCUT2D eigenvalue weighted by Gasteiger charge is 2.15. The Morgan fingerprint density at radius 3 is 2.03 bits per heavy atom.